The number of aromatic nitrogens is 2. The number of nitro benzene ring substituents is 1. The van der Waals surface area contributed by atoms with Crippen molar-refractivity contribution in [3.63, 3.8) is 0 Å². The largest absolute Gasteiger partial charge is 0.315 e. The third-order valence-electron chi connectivity index (χ3n) is 4.09. The van der Waals surface area contributed by atoms with E-state index in [2.05, 4.69) is 4.98 Å². The Balaban J connectivity index is 1.75. The average molecular weight is 384 g/mol. The van der Waals surface area contributed by atoms with Crippen LogP contribution in [0.15, 0.2) is 58.5 Å². The summed E-state index contributed by atoms with van der Waals surface area (Å²) in [5.74, 6) is -0.136. The van der Waals surface area contributed by atoms with Gasteiger partial charge in [-0.05, 0) is 24.3 Å². The standard InChI is InChI=1S/C18H16N4O4S/c1-20(12-7-9-13(10-8-12)22(25)26)16(23)11-27-18-19-15-6-4-3-5-14(15)17(24)21(18)2/h3-10H,11H2,1-2H3. The van der Waals surface area contributed by atoms with Crippen LogP contribution in [0.3, 0.4) is 0 Å². The van der Waals surface area contributed by atoms with Crippen molar-refractivity contribution in [2.45, 2.75) is 5.16 Å². The van der Waals surface area contributed by atoms with Gasteiger partial charge in [-0.1, -0.05) is 23.9 Å². The Morgan fingerprint density at radius 2 is 1.89 bits per heavy atom. The van der Waals surface area contributed by atoms with Crippen LogP contribution in [0.25, 0.3) is 10.9 Å². The van der Waals surface area contributed by atoms with Gasteiger partial charge in [0.15, 0.2) is 5.16 Å². The normalized spacial score (nSPS) is 10.7. The van der Waals surface area contributed by atoms with Crippen LogP contribution in [0.1, 0.15) is 0 Å². The Hall–Kier alpha value is -3.20. The summed E-state index contributed by atoms with van der Waals surface area (Å²) in [4.78, 5) is 40.9. The fraction of sp³-hybridized carbons (Fsp3) is 0.167. The number of anilines is 1. The minimum absolute atomic E-state index is 0.0377. The molecule has 0 unspecified atom stereocenters. The Labute approximate surface area is 158 Å². The molecule has 0 atom stereocenters. The predicted octanol–water partition coefficient (Wildman–Crippen LogP) is 2.60. The summed E-state index contributed by atoms with van der Waals surface area (Å²) in [6.07, 6.45) is 0. The summed E-state index contributed by atoms with van der Waals surface area (Å²) in [5, 5.41) is 11.7. The molecule has 0 saturated carbocycles. The molecule has 3 aromatic rings. The molecule has 0 aliphatic heterocycles. The minimum Gasteiger partial charge on any atom is -0.315 e. The fourth-order valence-corrected chi connectivity index (χ4v) is 3.38. The number of para-hydroxylation sites is 1. The lowest BCUT2D eigenvalue weighted by molar-refractivity contribution is -0.384. The maximum absolute atomic E-state index is 12.5. The number of nitrogens with zero attached hydrogens (tertiary/aromatic N) is 4. The van der Waals surface area contributed by atoms with Gasteiger partial charge in [0.05, 0.1) is 21.6 Å². The van der Waals surface area contributed by atoms with Crippen molar-refractivity contribution in [3.8, 4) is 0 Å². The molecule has 0 radical (unpaired) electrons. The second-order valence-electron chi connectivity index (χ2n) is 5.79. The van der Waals surface area contributed by atoms with E-state index in [-0.39, 0.29) is 22.9 Å². The molecule has 0 aliphatic carbocycles. The number of carbonyl (C=O) groups excluding carboxylic acids is 1. The molecule has 0 aliphatic rings. The van der Waals surface area contributed by atoms with Gasteiger partial charge in [-0.2, -0.15) is 0 Å². The molecule has 0 N–H and O–H groups in total. The molecular weight excluding hydrogens is 368 g/mol. The summed E-state index contributed by atoms with van der Waals surface area (Å²) >= 11 is 1.17. The number of nitro groups is 1. The van der Waals surface area contributed by atoms with E-state index < -0.39 is 4.92 Å². The van der Waals surface area contributed by atoms with Crippen molar-refractivity contribution < 1.29 is 9.72 Å². The lowest BCUT2D eigenvalue weighted by Crippen LogP contribution is -2.28. The number of benzene rings is 2. The molecule has 27 heavy (non-hydrogen) atoms. The number of carbonyl (C=O) groups is 1. The van der Waals surface area contributed by atoms with Crippen LogP contribution in [0.2, 0.25) is 0 Å². The van der Waals surface area contributed by atoms with Crippen LogP contribution in [-0.4, -0.2) is 33.2 Å². The van der Waals surface area contributed by atoms with Crippen molar-refractivity contribution in [3.05, 3.63) is 69.0 Å². The highest BCUT2D eigenvalue weighted by Gasteiger charge is 2.15. The van der Waals surface area contributed by atoms with Crippen LogP contribution in [0.5, 0.6) is 0 Å². The van der Waals surface area contributed by atoms with Crippen LogP contribution in [0, 0.1) is 10.1 Å². The lowest BCUT2D eigenvalue weighted by atomic mass is 10.2. The first-order valence-corrected chi connectivity index (χ1v) is 8.96. The van der Waals surface area contributed by atoms with Gasteiger partial charge in [0, 0.05) is 31.9 Å². The third-order valence-corrected chi connectivity index (χ3v) is 5.10. The quantitative estimate of drug-likeness (QED) is 0.290. The Morgan fingerprint density at radius 1 is 1.22 bits per heavy atom. The van der Waals surface area contributed by atoms with E-state index in [1.807, 2.05) is 0 Å². The molecule has 0 saturated heterocycles. The van der Waals surface area contributed by atoms with Gasteiger partial charge in [0.25, 0.3) is 11.2 Å². The summed E-state index contributed by atoms with van der Waals surface area (Å²) in [5.41, 5.74) is 0.925. The van der Waals surface area contributed by atoms with Crippen molar-refractivity contribution in [1.82, 2.24) is 9.55 Å². The van der Waals surface area contributed by atoms with E-state index in [9.17, 15) is 19.7 Å². The Bertz CT molecular complexity index is 1080. The predicted molar refractivity (Wildman–Crippen MR) is 104 cm³/mol. The van der Waals surface area contributed by atoms with Crippen molar-refractivity contribution in [2.75, 3.05) is 17.7 Å². The molecular formula is C18H16N4O4S. The lowest BCUT2D eigenvalue weighted by Gasteiger charge is -2.17. The first kappa shape index (κ1) is 18.6. The molecule has 138 valence electrons. The molecule has 3 rings (SSSR count). The first-order chi connectivity index (χ1) is 12.9. The molecule has 1 aromatic heterocycles. The molecule has 0 spiro atoms. The Kier molecular flexibility index (Phi) is 5.22. The highest BCUT2D eigenvalue weighted by atomic mass is 32.2. The van der Waals surface area contributed by atoms with Crippen molar-refractivity contribution in [1.29, 1.82) is 0 Å². The van der Waals surface area contributed by atoms with E-state index in [1.165, 1.54) is 45.5 Å². The molecule has 0 bridgehead atoms. The van der Waals surface area contributed by atoms with Crippen molar-refractivity contribution in [2.24, 2.45) is 7.05 Å². The van der Waals surface area contributed by atoms with Gasteiger partial charge < -0.3 is 4.90 Å². The zero-order valence-electron chi connectivity index (χ0n) is 14.7. The van der Waals surface area contributed by atoms with Gasteiger partial charge in [-0.25, -0.2) is 4.98 Å². The molecule has 8 nitrogen and oxygen atoms in total. The zero-order chi connectivity index (χ0) is 19.6. The third kappa shape index (κ3) is 3.82. The summed E-state index contributed by atoms with van der Waals surface area (Å²) in [6, 6.07) is 12.8. The van der Waals surface area contributed by atoms with E-state index in [1.54, 1.807) is 38.4 Å². The zero-order valence-corrected chi connectivity index (χ0v) is 15.5. The first-order valence-electron chi connectivity index (χ1n) is 7.98. The summed E-state index contributed by atoms with van der Waals surface area (Å²) < 4.78 is 1.42. The maximum Gasteiger partial charge on any atom is 0.269 e. The highest BCUT2D eigenvalue weighted by Crippen LogP contribution is 2.21. The molecule has 1 heterocycles. The number of non-ortho nitro benzene ring substituents is 1. The van der Waals surface area contributed by atoms with E-state index in [0.717, 1.165) is 0 Å². The maximum atomic E-state index is 12.5. The second-order valence-corrected chi connectivity index (χ2v) is 6.73. The number of hydrogen-bond acceptors (Lipinski definition) is 6. The van der Waals surface area contributed by atoms with Crippen LogP contribution >= 0.6 is 11.8 Å². The van der Waals surface area contributed by atoms with Crippen molar-refractivity contribution >= 4 is 39.9 Å². The smallest absolute Gasteiger partial charge is 0.269 e. The summed E-state index contributed by atoms with van der Waals surface area (Å²) in [6.45, 7) is 0. The second kappa shape index (κ2) is 7.58. The van der Waals surface area contributed by atoms with Crippen LogP contribution in [-0.2, 0) is 11.8 Å². The van der Waals surface area contributed by atoms with Gasteiger partial charge in [-0.3, -0.25) is 24.3 Å². The number of rotatable bonds is 5. The highest BCUT2D eigenvalue weighted by molar-refractivity contribution is 7.99. The number of hydrogen-bond donors (Lipinski definition) is 0. The Morgan fingerprint density at radius 3 is 2.56 bits per heavy atom. The SMILES string of the molecule is CN(C(=O)CSc1nc2ccccc2c(=O)n1C)c1ccc([N+](=O)[O-])cc1. The number of amides is 1. The van der Waals surface area contributed by atoms with Crippen LogP contribution in [0.4, 0.5) is 11.4 Å². The minimum atomic E-state index is -0.493. The molecule has 0 fully saturated rings. The van der Waals surface area contributed by atoms with Gasteiger partial charge in [0.2, 0.25) is 5.91 Å². The summed E-state index contributed by atoms with van der Waals surface area (Å²) in [7, 11) is 3.21. The molecule has 2 aromatic carbocycles. The average Bonchev–Trinajstić information content (AvgIpc) is 2.69. The van der Waals surface area contributed by atoms with E-state index in [0.29, 0.717) is 21.7 Å². The molecule has 9 heteroatoms. The van der Waals surface area contributed by atoms with Gasteiger partial charge in [-0.15, -0.1) is 0 Å². The molecule has 1 amide bonds. The van der Waals surface area contributed by atoms with Gasteiger partial charge in [0.1, 0.15) is 0 Å². The fourth-order valence-electron chi connectivity index (χ4n) is 2.49. The van der Waals surface area contributed by atoms with Gasteiger partial charge >= 0.3 is 0 Å². The number of fused-ring (bicyclic) bond motifs is 1. The van der Waals surface area contributed by atoms with E-state index >= 15 is 0 Å². The van der Waals surface area contributed by atoms with E-state index in [4.69, 9.17) is 0 Å². The topological polar surface area (TPSA) is 98.3 Å². The monoisotopic (exact) mass is 384 g/mol. The number of thioether (sulfide) groups is 1. The van der Waals surface area contributed by atoms with Crippen LogP contribution < -0.4 is 10.5 Å².